The Bertz CT molecular complexity index is 674. The van der Waals surface area contributed by atoms with E-state index in [-0.39, 0.29) is 22.2 Å². The molecule has 0 bridgehead atoms. The minimum absolute atomic E-state index is 0.0915. The highest BCUT2D eigenvalue weighted by atomic mass is 35.5. The van der Waals surface area contributed by atoms with E-state index in [1.807, 2.05) is 13.8 Å². The van der Waals surface area contributed by atoms with E-state index in [9.17, 15) is 9.59 Å². The summed E-state index contributed by atoms with van der Waals surface area (Å²) >= 11 is 7.22. The molecular weight excluding hydrogens is 298 g/mol. The van der Waals surface area contributed by atoms with Crippen molar-refractivity contribution in [3.63, 3.8) is 0 Å². The molecule has 1 aromatic carbocycles. The Morgan fingerprint density at radius 3 is 2.55 bits per heavy atom. The van der Waals surface area contributed by atoms with Crippen LogP contribution in [0, 0.1) is 13.8 Å². The second kappa shape index (κ2) is 5.64. The standard InChI is InChI=1S/C14H12ClNO3S/c1-7-6-11(20-8(7)2)13(17)16-10-5-3-4-9(15)12(10)14(18)19/h3-6H,1-2H3,(H,16,17)(H,18,19). The molecule has 0 aliphatic rings. The number of carbonyl (C=O) groups excluding carboxylic acids is 1. The van der Waals surface area contributed by atoms with Gasteiger partial charge >= 0.3 is 5.97 Å². The molecule has 104 valence electrons. The fourth-order valence-corrected chi connectivity index (χ4v) is 2.90. The number of thiophene rings is 1. The lowest BCUT2D eigenvalue weighted by molar-refractivity contribution is 0.0698. The topological polar surface area (TPSA) is 66.4 Å². The van der Waals surface area contributed by atoms with Gasteiger partial charge in [0.2, 0.25) is 0 Å². The number of anilines is 1. The Hall–Kier alpha value is -1.85. The number of aryl methyl sites for hydroxylation is 2. The Balaban J connectivity index is 2.33. The largest absolute Gasteiger partial charge is 0.478 e. The third-order valence-electron chi connectivity index (χ3n) is 2.87. The van der Waals surface area contributed by atoms with Gasteiger partial charge in [-0.05, 0) is 37.6 Å². The van der Waals surface area contributed by atoms with Crippen LogP contribution in [0.5, 0.6) is 0 Å². The van der Waals surface area contributed by atoms with Crippen LogP contribution in [-0.2, 0) is 0 Å². The summed E-state index contributed by atoms with van der Waals surface area (Å²) in [6.45, 7) is 3.85. The van der Waals surface area contributed by atoms with Crippen molar-refractivity contribution in [3.05, 3.63) is 50.2 Å². The number of nitrogens with one attached hydrogen (secondary N) is 1. The number of amides is 1. The third kappa shape index (κ3) is 2.84. The molecule has 0 fully saturated rings. The monoisotopic (exact) mass is 309 g/mol. The highest BCUT2D eigenvalue weighted by Gasteiger charge is 2.18. The summed E-state index contributed by atoms with van der Waals surface area (Å²) < 4.78 is 0. The third-order valence-corrected chi connectivity index (χ3v) is 4.33. The zero-order valence-corrected chi connectivity index (χ0v) is 12.4. The van der Waals surface area contributed by atoms with Crippen LogP contribution < -0.4 is 5.32 Å². The average Bonchev–Trinajstić information content (AvgIpc) is 2.69. The van der Waals surface area contributed by atoms with Crippen LogP contribution in [-0.4, -0.2) is 17.0 Å². The lowest BCUT2D eigenvalue weighted by Gasteiger charge is -2.08. The molecule has 1 aromatic heterocycles. The van der Waals surface area contributed by atoms with E-state index >= 15 is 0 Å². The maximum Gasteiger partial charge on any atom is 0.339 e. The number of hydrogen-bond donors (Lipinski definition) is 2. The van der Waals surface area contributed by atoms with E-state index in [4.69, 9.17) is 16.7 Å². The van der Waals surface area contributed by atoms with Crippen LogP contribution in [0.1, 0.15) is 30.5 Å². The van der Waals surface area contributed by atoms with Gasteiger partial charge in [-0.1, -0.05) is 17.7 Å². The summed E-state index contributed by atoms with van der Waals surface area (Å²) in [7, 11) is 0. The van der Waals surface area contributed by atoms with E-state index in [1.54, 1.807) is 12.1 Å². The van der Waals surface area contributed by atoms with E-state index in [0.717, 1.165) is 10.4 Å². The normalized spacial score (nSPS) is 10.3. The molecule has 0 unspecified atom stereocenters. The predicted molar refractivity (Wildman–Crippen MR) is 80.2 cm³/mol. The molecule has 6 heteroatoms. The number of carboxylic acids is 1. The maximum absolute atomic E-state index is 12.1. The number of carboxylic acid groups (broad SMARTS) is 1. The zero-order valence-electron chi connectivity index (χ0n) is 10.9. The van der Waals surface area contributed by atoms with Crippen LogP contribution >= 0.6 is 22.9 Å². The van der Waals surface area contributed by atoms with Crippen LogP contribution in [0.15, 0.2) is 24.3 Å². The Labute approximate surface area is 125 Å². The fourth-order valence-electron chi connectivity index (χ4n) is 1.71. The van der Waals surface area contributed by atoms with Crippen LogP contribution in [0.25, 0.3) is 0 Å². The molecule has 0 saturated heterocycles. The number of rotatable bonds is 3. The molecule has 0 saturated carbocycles. The lowest BCUT2D eigenvalue weighted by atomic mass is 10.1. The average molecular weight is 310 g/mol. The molecule has 0 atom stereocenters. The molecule has 2 rings (SSSR count). The summed E-state index contributed by atoms with van der Waals surface area (Å²) in [6, 6.07) is 6.36. The first-order valence-corrected chi connectivity index (χ1v) is 6.99. The van der Waals surface area contributed by atoms with Gasteiger partial charge in [0.05, 0.1) is 15.6 Å². The SMILES string of the molecule is Cc1cc(C(=O)Nc2cccc(Cl)c2C(=O)O)sc1C. The van der Waals surface area contributed by atoms with Gasteiger partial charge in [-0.15, -0.1) is 11.3 Å². The fraction of sp³-hybridized carbons (Fsp3) is 0.143. The van der Waals surface area contributed by atoms with Gasteiger partial charge in [-0.25, -0.2) is 4.79 Å². The summed E-state index contributed by atoms with van der Waals surface area (Å²) in [6.07, 6.45) is 0. The van der Waals surface area contributed by atoms with Gasteiger partial charge in [-0.2, -0.15) is 0 Å². The molecule has 1 heterocycles. The maximum atomic E-state index is 12.1. The van der Waals surface area contributed by atoms with Gasteiger partial charge in [0.15, 0.2) is 0 Å². The van der Waals surface area contributed by atoms with Crippen LogP contribution in [0.2, 0.25) is 5.02 Å². The van der Waals surface area contributed by atoms with Gasteiger partial charge < -0.3 is 10.4 Å². The molecule has 0 spiro atoms. The first-order chi connectivity index (χ1) is 9.40. The number of hydrogen-bond acceptors (Lipinski definition) is 3. The Morgan fingerprint density at radius 1 is 1.30 bits per heavy atom. The number of halogens is 1. The molecule has 1 amide bonds. The highest BCUT2D eigenvalue weighted by molar-refractivity contribution is 7.14. The molecule has 4 nitrogen and oxygen atoms in total. The summed E-state index contributed by atoms with van der Waals surface area (Å²) in [4.78, 5) is 24.9. The van der Waals surface area contributed by atoms with Crippen molar-refractivity contribution in [2.75, 3.05) is 5.32 Å². The first kappa shape index (κ1) is 14.6. The smallest absolute Gasteiger partial charge is 0.339 e. The van der Waals surface area contributed by atoms with E-state index in [0.29, 0.717) is 4.88 Å². The van der Waals surface area contributed by atoms with Crippen molar-refractivity contribution in [1.29, 1.82) is 0 Å². The van der Waals surface area contributed by atoms with Crippen LogP contribution in [0.3, 0.4) is 0 Å². The quantitative estimate of drug-likeness (QED) is 0.901. The lowest BCUT2D eigenvalue weighted by Crippen LogP contribution is -2.14. The van der Waals surface area contributed by atoms with Gasteiger partial charge in [0, 0.05) is 4.88 Å². The van der Waals surface area contributed by atoms with E-state index in [1.165, 1.54) is 23.5 Å². The van der Waals surface area contributed by atoms with E-state index in [2.05, 4.69) is 5.32 Å². The van der Waals surface area contributed by atoms with Gasteiger partial charge in [-0.3, -0.25) is 4.79 Å². The van der Waals surface area contributed by atoms with Crippen molar-refractivity contribution in [1.82, 2.24) is 0 Å². The van der Waals surface area contributed by atoms with Gasteiger partial charge in [0.25, 0.3) is 5.91 Å². The number of carbonyl (C=O) groups is 2. The highest BCUT2D eigenvalue weighted by Crippen LogP contribution is 2.26. The molecule has 0 radical (unpaired) electrons. The molecule has 2 aromatic rings. The second-order valence-electron chi connectivity index (χ2n) is 4.27. The molecule has 2 N–H and O–H groups in total. The molecular formula is C14H12ClNO3S. The predicted octanol–water partition coefficient (Wildman–Crippen LogP) is 3.97. The minimum atomic E-state index is -1.18. The van der Waals surface area contributed by atoms with Crippen LogP contribution in [0.4, 0.5) is 5.69 Å². The Morgan fingerprint density at radius 2 is 2.00 bits per heavy atom. The van der Waals surface area contributed by atoms with Crippen molar-refractivity contribution >= 4 is 40.5 Å². The second-order valence-corrected chi connectivity index (χ2v) is 5.94. The molecule has 0 aliphatic heterocycles. The first-order valence-electron chi connectivity index (χ1n) is 5.80. The summed E-state index contributed by atoms with van der Waals surface area (Å²) in [5, 5.41) is 11.8. The Kier molecular flexibility index (Phi) is 4.11. The zero-order chi connectivity index (χ0) is 14.9. The number of benzene rings is 1. The number of aromatic carboxylic acids is 1. The summed E-state index contributed by atoms with van der Waals surface area (Å²) in [5.41, 5.74) is 1.12. The van der Waals surface area contributed by atoms with E-state index < -0.39 is 5.97 Å². The van der Waals surface area contributed by atoms with Crippen molar-refractivity contribution in [3.8, 4) is 0 Å². The van der Waals surface area contributed by atoms with Crippen molar-refractivity contribution < 1.29 is 14.7 Å². The minimum Gasteiger partial charge on any atom is -0.478 e. The van der Waals surface area contributed by atoms with Gasteiger partial charge in [0.1, 0.15) is 5.56 Å². The molecule has 0 aliphatic carbocycles. The summed E-state index contributed by atoms with van der Waals surface area (Å²) in [5.74, 6) is -1.51. The van der Waals surface area contributed by atoms with Crippen molar-refractivity contribution in [2.45, 2.75) is 13.8 Å². The molecule has 20 heavy (non-hydrogen) atoms. The van der Waals surface area contributed by atoms with Crippen molar-refractivity contribution in [2.24, 2.45) is 0 Å².